The van der Waals surface area contributed by atoms with Crippen molar-refractivity contribution in [3.05, 3.63) is 0 Å². The van der Waals surface area contributed by atoms with Crippen LogP contribution in [0.3, 0.4) is 0 Å². The van der Waals surface area contributed by atoms with Gasteiger partial charge in [0.05, 0.1) is 5.92 Å². The fourth-order valence-corrected chi connectivity index (χ4v) is 3.71. The van der Waals surface area contributed by atoms with Gasteiger partial charge in [0.2, 0.25) is 5.91 Å². The molecule has 3 unspecified atom stereocenters. The molecule has 19 heavy (non-hydrogen) atoms. The zero-order valence-corrected chi connectivity index (χ0v) is 12.8. The first-order chi connectivity index (χ1) is 8.97. The highest BCUT2D eigenvalue weighted by Crippen LogP contribution is 2.36. The summed E-state index contributed by atoms with van der Waals surface area (Å²) in [6.07, 6.45) is 6.86. The lowest BCUT2D eigenvalue weighted by atomic mass is 9.74. The van der Waals surface area contributed by atoms with Crippen molar-refractivity contribution in [1.82, 2.24) is 4.90 Å². The molecule has 2 aliphatic rings. The minimum absolute atomic E-state index is 0.0692. The molecule has 1 aliphatic heterocycles. The molecular weight excluding hydrogens is 236 g/mol. The summed E-state index contributed by atoms with van der Waals surface area (Å²) in [6.45, 7) is 8.67. The molecule has 2 rings (SSSR count). The summed E-state index contributed by atoms with van der Waals surface area (Å²) in [5.74, 6) is 0.855. The van der Waals surface area contributed by atoms with Crippen molar-refractivity contribution in [2.24, 2.45) is 23.0 Å². The van der Waals surface area contributed by atoms with E-state index in [0.717, 1.165) is 38.8 Å². The Morgan fingerprint density at radius 3 is 2.47 bits per heavy atom. The van der Waals surface area contributed by atoms with E-state index in [-0.39, 0.29) is 12.0 Å². The van der Waals surface area contributed by atoms with Gasteiger partial charge in [-0.15, -0.1) is 0 Å². The highest BCUT2D eigenvalue weighted by Gasteiger charge is 2.38. The Bertz CT molecular complexity index is 311. The summed E-state index contributed by atoms with van der Waals surface area (Å²) in [7, 11) is 0. The molecule has 0 aromatic rings. The third-order valence-corrected chi connectivity index (χ3v) is 5.69. The zero-order chi connectivity index (χ0) is 14.0. The van der Waals surface area contributed by atoms with Crippen LogP contribution >= 0.6 is 0 Å². The summed E-state index contributed by atoms with van der Waals surface area (Å²) in [6, 6.07) is 0.0794. The second-order valence-corrected chi connectivity index (χ2v) is 7.09. The number of carbonyl (C=O) groups is 1. The first-order valence-corrected chi connectivity index (χ1v) is 8.01. The monoisotopic (exact) mass is 266 g/mol. The zero-order valence-electron chi connectivity index (χ0n) is 12.8. The Morgan fingerprint density at radius 2 is 1.95 bits per heavy atom. The Morgan fingerprint density at radius 1 is 1.32 bits per heavy atom. The average molecular weight is 266 g/mol. The van der Waals surface area contributed by atoms with Gasteiger partial charge in [0, 0.05) is 19.1 Å². The van der Waals surface area contributed by atoms with E-state index < -0.39 is 0 Å². The van der Waals surface area contributed by atoms with Crippen LogP contribution in [0.15, 0.2) is 0 Å². The molecule has 2 fully saturated rings. The van der Waals surface area contributed by atoms with Crippen molar-refractivity contribution in [3.8, 4) is 0 Å². The Kier molecular flexibility index (Phi) is 4.54. The van der Waals surface area contributed by atoms with Crippen LogP contribution in [0.4, 0.5) is 0 Å². The van der Waals surface area contributed by atoms with E-state index in [1.165, 1.54) is 12.8 Å². The SMILES string of the molecule is CCC1(C)CCN(C(=O)C2C(C)CCCC2N)CC1. The number of nitrogens with two attached hydrogens (primary N) is 1. The van der Waals surface area contributed by atoms with E-state index >= 15 is 0 Å². The van der Waals surface area contributed by atoms with Gasteiger partial charge in [0.15, 0.2) is 0 Å². The normalized spacial score (nSPS) is 35.2. The molecule has 0 spiro atoms. The summed E-state index contributed by atoms with van der Waals surface area (Å²) in [4.78, 5) is 14.8. The number of hydrogen-bond acceptors (Lipinski definition) is 2. The number of nitrogens with zero attached hydrogens (tertiary/aromatic N) is 1. The smallest absolute Gasteiger partial charge is 0.227 e. The fraction of sp³-hybridized carbons (Fsp3) is 0.938. The predicted molar refractivity (Wildman–Crippen MR) is 78.7 cm³/mol. The molecule has 1 saturated carbocycles. The third-order valence-electron chi connectivity index (χ3n) is 5.69. The van der Waals surface area contributed by atoms with Gasteiger partial charge in [-0.1, -0.05) is 33.6 Å². The molecule has 3 nitrogen and oxygen atoms in total. The van der Waals surface area contributed by atoms with Gasteiger partial charge >= 0.3 is 0 Å². The molecule has 0 radical (unpaired) electrons. The maximum absolute atomic E-state index is 12.7. The van der Waals surface area contributed by atoms with Gasteiger partial charge in [-0.2, -0.15) is 0 Å². The van der Waals surface area contributed by atoms with Crippen molar-refractivity contribution in [3.63, 3.8) is 0 Å². The molecule has 0 aromatic carbocycles. The second kappa shape index (κ2) is 5.82. The molecule has 2 N–H and O–H groups in total. The lowest BCUT2D eigenvalue weighted by molar-refractivity contribution is -0.141. The Hall–Kier alpha value is -0.570. The van der Waals surface area contributed by atoms with Crippen LogP contribution in [0, 0.1) is 17.3 Å². The van der Waals surface area contributed by atoms with Crippen LogP contribution in [0.5, 0.6) is 0 Å². The highest BCUT2D eigenvalue weighted by molar-refractivity contribution is 5.80. The highest BCUT2D eigenvalue weighted by atomic mass is 16.2. The minimum atomic E-state index is 0.0692. The van der Waals surface area contributed by atoms with Crippen molar-refractivity contribution in [2.75, 3.05) is 13.1 Å². The molecule has 3 atom stereocenters. The van der Waals surface area contributed by atoms with Crippen LogP contribution in [0.2, 0.25) is 0 Å². The first kappa shape index (κ1) is 14.8. The number of carbonyl (C=O) groups excluding carboxylic acids is 1. The van der Waals surface area contributed by atoms with Crippen molar-refractivity contribution < 1.29 is 4.79 Å². The molecule has 1 saturated heterocycles. The van der Waals surface area contributed by atoms with Crippen LogP contribution in [-0.4, -0.2) is 29.9 Å². The van der Waals surface area contributed by atoms with Crippen LogP contribution in [-0.2, 0) is 4.79 Å². The lowest BCUT2D eigenvalue weighted by Crippen LogP contribution is -2.51. The van der Waals surface area contributed by atoms with Gasteiger partial charge in [-0.25, -0.2) is 0 Å². The molecule has 0 aromatic heterocycles. The van der Waals surface area contributed by atoms with Crippen LogP contribution in [0.25, 0.3) is 0 Å². The number of piperidine rings is 1. The Labute approximate surface area is 117 Å². The molecule has 1 heterocycles. The van der Waals surface area contributed by atoms with Gasteiger partial charge < -0.3 is 10.6 Å². The molecule has 0 bridgehead atoms. The summed E-state index contributed by atoms with van der Waals surface area (Å²) in [5.41, 5.74) is 6.65. The third kappa shape index (κ3) is 3.13. The number of amides is 1. The van der Waals surface area contributed by atoms with E-state index in [4.69, 9.17) is 5.73 Å². The summed E-state index contributed by atoms with van der Waals surface area (Å²) < 4.78 is 0. The topological polar surface area (TPSA) is 46.3 Å². The maximum Gasteiger partial charge on any atom is 0.227 e. The quantitative estimate of drug-likeness (QED) is 0.835. The maximum atomic E-state index is 12.7. The minimum Gasteiger partial charge on any atom is -0.342 e. The lowest BCUT2D eigenvalue weighted by Gasteiger charge is -2.42. The van der Waals surface area contributed by atoms with E-state index in [1.54, 1.807) is 0 Å². The first-order valence-electron chi connectivity index (χ1n) is 8.01. The van der Waals surface area contributed by atoms with Gasteiger partial charge in [0.25, 0.3) is 0 Å². The second-order valence-electron chi connectivity index (χ2n) is 7.09. The van der Waals surface area contributed by atoms with E-state index in [1.807, 2.05) is 0 Å². The van der Waals surface area contributed by atoms with Crippen LogP contribution < -0.4 is 5.73 Å². The number of likely N-dealkylation sites (tertiary alicyclic amines) is 1. The number of hydrogen-bond donors (Lipinski definition) is 1. The Balaban J connectivity index is 1.97. The van der Waals surface area contributed by atoms with Gasteiger partial charge in [-0.3, -0.25) is 4.79 Å². The standard InChI is InChI=1S/C16H30N2O/c1-4-16(3)8-10-18(11-9-16)15(19)14-12(2)6-5-7-13(14)17/h12-14H,4-11,17H2,1-3H3. The van der Waals surface area contributed by atoms with Crippen LogP contribution in [0.1, 0.15) is 59.3 Å². The fourth-order valence-electron chi connectivity index (χ4n) is 3.71. The average Bonchev–Trinajstić information content (AvgIpc) is 2.39. The molecular formula is C16H30N2O. The molecule has 110 valence electrons. The summed E-state index contributed by atoms with van der Waals surface area (Å²) in [5, 5.41) is 0. The van der Waals surface area contributed by atoms with E-state index in [9.17, 15) is 4.79 Å². The number of rotatable bonds is 2. The molecule has 3 heteroatoms. The molecule has 1 amide bonds. The van der Waals surface area contributed by atoms with Gasteiger partial charge in [-0.05, 0) is 37.0 Å². The predicted octanol–water partition coefficient (Wildman–Crippen LogP) is 2.79. The summed E-state index contributed by atoms with van der Waals surface area (Å²) >= 11 is 0. The molecule has 1 aliphatic carbocycles. The van der Waals surface area contributed by atoms with E-state index in [0.29, 0.717) is 17.2 Å². The van der Waals surface area contributed by atoms with Gasteiger partial charge in [0.1, 0.15) is 0 Å². The van der Waals surface area contributed by atoms with Crippen molar-refractivity contribution in [2.45, 2.75) is 65.3 Å². The van der Waals surface area contributed by atoms with E-state index in [2.05, 4.69) is 25.7 Å². The largest absolute Gasteiger partial charge is 0.342 e. The van der Waals surface area contributed by atoms with Crippen molar-refractivity contribution in [1.29, 1.82) is 0 Å². The van der Waals surface area contributed by atoms with Crippen molar-refractivity contribution >= 4 is 5.91 Å².